The first-order valence-corrected chi connectivity index (χ1v) is 6.64. The third-order valence-corrected chi connectivity index (χ3v) is 2.64. The third kappa shape index (κ3) is 10.1. The lowest BCUT2D eigenvalue weighted by Gasteiger charge is -2.19. The van der Waals surface area contributed by atoms with Crippen LogP contribution in [0.15, 0.2) is 0 Å². The summed E-state index contributed by atoms with van der Waals surface area (Å²) in [4.78, 5) is 11.4. The third-order valence-electron chi connectivity index (χ3n) is 1.74. The van der Waals surface area contributed by atoms with Gasteiger partial charge in [0.25, 0.3) is 0 Å². The van der Waals surface area contributed by atoms with Crippen LogP contribution in [-0.4, -0.2) is 36.7 Å². The minimum Gasteiger partial charge on any atom is -0.366 e. The molecule has 1 unspecified atom stereocenters. The molecular formula is C11H23NO2S. The van der Waals surface area contributed by atoms with Gasteiger partial charge in [-0.3, -0.25) is 4.79 Å². The average Bonchev–Trinajstić information content (AvgIpc) is 2.11. The van der Waals surface area contributed by atoms with Crippen LogP contribution in [0.4, 0.5) is 0 Å². The van der Waals surface area contributed by atoms with Crippen LogP contribution in [-0.2, 0) is 9.53 Å². The zero-order valence-corrected chi connectivity index (χ0v) is 11.2. The lowest BCUT2D eigenvalue weighted by atomic mass is 10.2. The van der Waals surface area contributed by atoms with Crippen molar-refractivity contribution in [2.24, 2.45) is 5.92 Å². The molecule has 0 aliphatic heterocycles. The summed E-state index contributed by atoms with van der Waals surface area (Å²) in [5, 5.41) is 2.86. The van der Waals surface area contributed by atoms with E-state index in [1.165, 1.54) is 0 Å². The normalized spacial score (nSPS) is 13.7. The number of nitrogens with one attached hydrogen (secondary N) is 1. The Bertz CT molecular complexity index is 190. The van der Waals surface area contributed by atoms with E-state index in [2.05, 4.69) is 18.5 Å². The maximum atomic E-state index is 11.4. The number of ether oxygens (including phenoxy) is 1. The van der Waals surface area contributed by atoms with Crippen molar-refractivity contribution in [3.05, 3.63) is 0 Å². The second kappa shape index (κ2) is 7.12. The van der Waals surface area contributed by atoms with Gasteiger partial charge in [-0.1, -0.05) is 6.92 Å². The van der Waals surface area contributed by atoms with Gasteiger partial charge in [-0.15, -0.1) is 0 Å². The van der Waals surface area contributed by atoms with E-state index in [1.807, 2.05) is 20.8 Å². The van der Waals surface area contributed by atoms with E-state index in [-0.39, 0.29) is 18.1 Å². The molecule has 0 spiro atoms. The zero-order valence-electron chi connectivity index (χ0n) is 10.4. The van der Waals surface area contributed by atoms with Gasteiger partial charge in [0.2, 0.25) is 5.91 Å². The first kappa shape index (κ1) is 14.8. The second-order valence-corrected chi connectivity index (χ2v) is 5.68. The van der Waals surface area contributed by atoms with E-state index in [0.717, 1.165) is 12.3 Å². The number of carbonyl (C=O) groups is 1. The number of hydrogen-bond donors (Lipinski definition) is 1. The van der Waals surface area contributed by atoms with E-state index in [4.69, 9.17) is 4.74 Å². The van der Waals surface area contributed by atoms with Gasteiger partial charge in [-0.05, 0) is 38.7 Å². The molecule has 1 amide bonds. The van der Waals surface area contributed by atoms with Gasteiger partial charge in [0, 0.05) is 6.54 Å². The Morgan fingerprint density at radius 3 is 2.53 bits per heavy atom. The highest BCUT2D eigenvalue weighted by Gasteiger charge is 2.13. The average molecular weight is 233 g/mol. The maximum absolute atomic E-state index is 11.4. The molecule has 0 heterocycles. The van der Waals surface area contributed by atoms with Gasteiger partial charge >= 0.3 is 0 Å². The second-order valence-electron chi connectivity index (χ2n) is 4.77. The lowest BCUT2D eigenvalue weighted by Crippen LogP contribution is -2.34. The van der Waals surface area contributed by atoms with Crippen molar-refractivity contribution in [3.63, 3.8) is 0 Å². The largest absolute Gasteiger partial charge is 0.366 e. The van der Waals surface area contributed by atoms with Crippen molar-refractivity contribution in [2.75, 3.05) is 25.2 Å². The molecule has 0 radical (unpaired) electrons. The number of carbonyl (C=O) groups excluding carboxylic acids is 1. The fourth-order valence-electron chi connectivity index (χ4n) is 0.965. The summed E-state index contributed by atoms with van der Waals surface area (Å²) in [6.07, 6.45) is 2.07. The molecule has 0 rings (SSSR count). The molecule has 0 bridgehead atoms. The molecule has 0 aromatic heterocycles. The molecule has 0 aromatic rings. The van der Waals surface area contributed by atoms with Gasteiger partial charge in [-0.25, -0.2) is 0 Å². The Labute approximate surface area is 97.3 Å². The number of amides is 1. The molecule has 0 aliphatic rings. The summed E-state index contributed by atoms with van der Waals surface area (Å²) >= 11 is 1.80. The summed E-state index contributed by atoms with van der Waals surface area (Å²) < 4.78 is 5.37. The maximum Gasteiger partial charge on any atom is 0.246 e. The Morgan fingerprint density at radius 2 is 2.07 bits per heavy atom. The molecule has 1 atom stereocenters. The first-order valence-electron chi connectivity index (χ1n) is 5.24. The number of rotatable bonds is 6. The Kier molecular flexibility index (Phi) is 7.02. The Balaban J connectivity index is 3.58. The predicted octanol–water partition coefficient (Wildman–Crippen LogP) is 1.92. The van der Waals surface area contributed by atoms with Gasteiger partial charge in [0.1, 0.15) is 6.61 Å². The molecular weight excluding hydrogens is 210 g/mol. The summed E-state index contributed by atoms with van der Waals surface area (Å²) in [5.74, 6) is 1.55. The van der Waals surface area contributed by atoms with E-state index in [0.29, 0.717) is 5.92 Å². The molecule has 0 aromatic carbocycles. The zero-order chi connectivity index (χ0) is 11.9. The molecule has 4 heteroatoms. The number of thioether (sulfide) groups is 1. The number of hydrogen-bond acceptors (Lipinski definition) is 3. The minimum absolute atomic E-state index is 0.0297. The fourth-order valence-corrected chi connectivity index (χ4v) is 1.65. The molecule has 0 fully saturated rings. The summed E-state index contributed by atoms with van der Waals surface area (Å²) in [5.41, 5.74) is -0.248. The molecule has 1 N–H and O–H groups in total. The van der Waals surface area contributed by atoms with Gasteiger partial charge < -0.3 is 10.1 Å². The lowest BCUT2D eigenvalue weighted by molar-refractivity contribution is -0.130. The van der Waals surface area contributed by atoms with Crippen molar-refractivity contribution in [1.29, 1.82) is 0 Å². The molecule has 0 aliphatic carbocycles. The molecule has 0 saturated heterocycles. The molecule has 90 valence electrons. The van der Waals surface area contributed by atoms with E-state index in [1.54, 1.807) is 11.8 Å². The standard InChI is InChI=1S/C11H23NO2S/c1-9(8-15-5)6-12-10(13)7-14-11(2,3)4/h9H,6-8H2,1-5H3,(H,12,13). The van der Waals surface area contributed by atoms with E-state index < -0.39 is 0 Å². The van der Waals surface area contributed by atoms with Crippen LogP contribution in [0.1, 0.15) is 27.7 Å². The van der Waals surface area contributed by atoms with E-state index in [9.17, 15) is 4.79 Å². The first-order chi connectivity index (χ1) is 6.85. The van der Waals surface area contributed by atoms with Crippen LogP contribution in [0, 0.1) is 5.92 Å². The van der Waals surface area contributed by atoms with Gasteiger partial charge in [0.05, 0.1) is 5.60 Å². The Hall–Kier alpha value is -0.220. The topological polar surface area (TPSA) is 38.3 Å². The van der Waals surface area contributed by atoms with Crippen LogP contribution >= 0.6 is 11.8 Å². The van der Waals surface area contributed by atoms with Crippen molar-refractivity contribution in [1.82, 2.24) is 5.32 Å². The monoisotopic (exact) mass is 233 g/mol. The van der Waals surface area contributed by atoms with Crippen molar-refractivity contribution in [3.8, 4) is 0 Å². The van der Waals surface area contributed by atoms with Crippen molar-refractivity contribution < 1.29 is 9.53 Å². The van der Waals surface area contributed by atoms with Crippen LogP contribution in [0.5, 0.6) is 0 Å². The summed E-state index contributed by atoms with van der Waals surface area (Å²) in [7, 11) is 0. The fraction of sp³-hybridized carbons (Fsp3) is 0.909. The highest BCUT2D eigenvalue weighted by Crippen LogP contribution is 2.06. The van der Waals surface area contributed by atoms with Crippen LogP contribution in [0.3, 0.4) is 0 Å². The quantitative estimate of drug-likeness (QED) is 0.761. The van der Waals surface area contributed by atoms with Crippen molar-refractivity contribution in [2.45, 2.75) is 33.3 Å². The SMILES string of the molecule is CSCC(C)CNC(=O)COC(C)(C)C. The predicted molar refractivity (Wildman–Crippen MR) is 66.3 cm³/mol. The summed E-state index contributed by atoms with van der Waals surface area (Å²) in [6.45, 7) is 8.83. The van der Waals surface area contributed by atoms with Gasteiger partial charge in [0.15, 0.2) is 0 Å². The van der Waals surface area contributed by atoms with Gasteiger partial charge in [-0.2, -0.15) is 11.8 Å². The highest BCUT2D eigenvalue weighted by molar-refractivity contribution is 7.98. The Morgan fingerprint density at radius 1 is 1.47 bits per heavy atom. The van der Waals surface area contributed by atoms with E-state index >= 15 is 0 Å². The molecule has 3 nitrogen and oxygen atoms in total. The van der Waals surface area contributed by atoms with Crippen molar-refractivity contribution >= 4 is 17.7 Å². The van der Waals surface area contributed by atoms with Crippen LogP contribution in [0.2, 0.25) is 0 Å². The van der Waals surface area contributed by atoms with Crippen LogP contribution < -0.4 is 5.32 Å². The molecule has 0 saturated carbocycles. The minimum atomic E-state index is -0.248. The smallest absolute Gasteiger partial charge is 0.246 e. The highest BCUT2D eigenvalue weighted by atomic mass is 32.2. The summed E-state index contributed by atoms with van der Waals surface area (Å²) in [6, 6.07) is 0. The van der Waals surface area contributed by atoms with Crippen LogP contribution in [0.25, 0.3) is 0 Å². The molecule has 15 heavy (non-hydrogen) atoms.